The fourth-order valence-electron chi connectivity index (χ4n) is 1.49. The molecule has 5 heteroatoms. The van der Waals surface area contributed by atoms with Gasteiger partial charge in [-0.05, 0) is 31.5 Å². The Hall–Kier alpha value is -2.04. The van der Waals surface area contributed by atoms with Gasteiger partial charge in [0.1, 0.15) is 6.29 Å². The maximum absolute atomic E-state index is 11.7. The highest BCUT2D eigenvalue weighted by Crippen LogP contribution is 2.28. The van der Waals surface area contributed by atoms with Gasteiger partial charge in [-0.2, -0.15) is 0 Å². The molecule has 1 aromatic rings. The zero-order valence-electron chi connectivity index (χ0n) is 11.4. The number of nitrogens with one attached hydrogen (secondary N) is 1. The molecule has 1 amide bonds. The first-order valence-corrected chi connectivity index (χ1v) is 6.20. The van der Waals surface area contributed by atoms with E-state index in [0.717, 1.165) is 6.42 Å². The van der Waals surface area contributed by atoms with E-state index in [1.807, 2.05) is 6.92 Å². The van der Waals surface area contributed by atoms with Crippen LogP contribution in [0.3, 0.4) is 0 Å². The maximum Gasteiger partial charge on any atom is 0.260 e. The second-order valence-corrected chi connectivity index (χ2v) is 4.08. The average molecular weight is 265 g/mol. The smallest absolute Gasteiger partial charge is 0.260 e. The Morgan fingerprint density at radius 2 is 2.16 bits per heavy atom. The number of carbonyl (C=O) groups is 2. The molecular weight excluding hydrogens is 246 g/mol. The number of aldehydes is 1. The molecule has 1 rings (SSSR count). The number of amides is 1. The second-order valence-electron chi connectivity index (χ2n) is 4.08. The molecule has 0 saturated heterocycles. The minimum atomic E-state index is -0.651. The van der Waals surface area contributed by atoms with Crippen LogP contribution >= 0.6 is 0 Å². The molecule has 0 spiro atoms. The topological polar surface area (TPSA) is 64.6 Å². The van der Waals surface area contributed by atoms with Crippen LogP contribution in [0.5, 0.6) is 11.5 Å². The second kappa shape index (κ2) is 7.41. The van der Waals surface area contributed by atoms with Crippen LogP contribution in [0, 0.1) is 0 Å². The zero-order valence-corrected chi connectivity index (χ0v) is 11.4. The summed E-state index contributed by atoms with van der Waals surface area (Å²) in [6.07, 6.45) is 0.929. The first kappa shape index (κ1) is 15.0. The molecule has 1 N–H and O–H groups in total. The fourth-order valence-corrected chi connectivity index (χ4v) is 1.49. The fraction of sp³-hybridized carbons (Fsp3) is 0.429. The van der Waals surface area contributed by atoms with Gasteiger partial charge in [0, 0.05) is 12.1 Å². The van der Waals surface area contributed by atoms with Crippen molar-refractivity contribution in [2.45, 2.75) is 26.4 Å². The van der Waals surface area contributed by atoms with Crippen molar-refractivity contribution < 1.29 is 19.1 Å². The Balaban J connectivity index is 2.79. The molecule has 1 atom stereocenters. The third-order valence-electron chi connectivity index (χ3n) is 2.55. The van der Waals surface area contributed by atoms with Gasteiger partial charge in [-0.15, -0.1) is 0 Å². The van der Waals surface area contributed by atoms with E-state index >= 15 is 0 Å². The van der Waals surface area contributed by atoms with E-state index in [9.17, 15) is 9.59 Å². The van der Waals surface area contributed by atoms with Gasteiger partial charge in [-0.3, -0.25) is 9.59 Å². The Bertz CT molecular complexity index is 445. The number of benzene rings is 1. The number of methoxy groups -OCH3 is 1. The lowest BCUT2D eigenvalue weighted by molar-refractivity contribution is -0.127. The molecule has 5 nitrogen and oxygen atoms in total. The molecule has 0 radical (unpaired) electrons. The van der Waals surface area contributed by atoms with Gasteiger partial charge in [0.05, 0.1) is 7.11 Å². The number of hydrogen-bond donors (Lipinski definition) is 1. The zero-order chi connectivity index (χ0) is 14.3. The lowest BCUT2D eigenvalue weighted by atomic mass is 10.2. The molecule has 0 bridgehead atoms. The van der Waals surface area contributed by atoms with Crippen molar-refractivity contribution in [2.75, 3.05) is 13.7 Å². The van der Waals surface area contributed by atoms with Gasteiger partial charge in [0.2, 0.25) is 0 Å². The van der Waals surface area contributed by atoms with Crippen LogP contribution in [0.15, 0.2) is 18.2 Å². The Kier molecular flexibility index (Phi) is 5.85. The van der Waals surface area contributed by atoms with Crippen molar-refractivity contribution in [1.29, 1.82) is 0 Å². The largest absolute Gasteiger partial charge is 0.493 e. The SMILES string of the molecule is CCCNC(=O)C(C)Oc1cc(C=O)ccc1OC. The lowest BCUT2D eigenvalue weighted by Gasteiger charge is -2.16. The summed E-state index contributed by atoms with van der Waals surface area (Å²) in [4.78, 5) is 22.5. The number of carbonyl (C=O) groups excluding carboxylic acids is 2. The molecule has 1 aromatic carbocycles. The minimum Gasteiger partial charge on any atom is -0.493 e. The summed E-state index contributed by atoms with van der Waals surface area (Å²) < 4.78 is 10.7. The molecule has 0 aliphatic heterocycles. The monoisotopic (exact) mass is 265 g/mol. The van der Waals surface area contributed by atoms with E-state index in [1.165, 1.54) is 7.11 Å². The van der Waals surface area contributed by atoms with Gasteiger partial charge >= 0.3 is 0 Å². The molecular formula is C14H19NO4. The lowest BCUT2D eigenvalue weighted by Crippen LogP contribution is -2.36. The van der Waals surface area contributed by atoms with E-state index in [4.69, 9.17) is 9.47 Å². The summed E-state index contributed by atoms with van der Waals surface area (Å²) in [5.41, 5.74) is 0.469. The molecule has 0 aliphatic carbocycles. The van der Waals surface area contributed by atoms with Crippen molar-refractivity contribution in [2.24, 2.45) is 0 Å². The summed E-state index contributed by atoms with van der Waals surface area (Å²) >= 11 is 0. The van der Waals surface area contributed by atoms with E-state index < -0.39 is 6.10 Å². The van der Waals surface area contributed by atoms with Crippen molar-refractivity contribution >= 4 is 12.2 Å². The van der Waals surface area contributed by atoms with Crippen molar-refractivity contribution in [3.63, 3.8) is 0 Å². The highest BCUT2D eigenvalue weighted by atomic mass is 16.5. The Morgan fingerprint density at radius 3 is 2.74 bits per heavy atom. The predicted octanol–water partition coefficient (Wildman–Crippen LogP) is 1.80. The Morgan fingerprint density at radius 1 is 1.42 bits per heavy atom. The first-order chi connectivity index (χ1) is 9.12. The summed E-state index contributed by atoms with van der Waals surface area (Å²) in [6.45, 7) is 4.23. The molecule has 0 aromatic heterocycles. The van der Waals surface area contributed by atoms with Crippen LogP contribution in [0.4, 0.5) is 0 Å². The van der Waals surface area contributed by atoms with Crippen LogP contribution in [-0.2, 0) is 4.79 Å². The number of rotatable bonds is 7. The van der Waals surface area contributed by atoms with Crippen LogP contribution < -0.4 is 14.8 Å². The standard InChI is InChI=1S/C14H19NO4/c1-4-7-15-14(17)10(2)19-13-8-11(9-16)5-6-12(13)18-3/h5-6,8-10H,4,7H2,1-3H3,(H,15,17). The normalized spacial score (nSPS) is 11.5. The Labute approximate surface area is 112 Å². The molecule has 1 unspecified atom stereocenters. The van der Waals surface area contributed by atoms with Gasteiger partial charge in [-0.25, -0.2) is 0 Å². The van der Waals surface area contributed by atoms with E-state index in [0.29, 0.717) is 29.9 Å². The van der Waals surface area contributed by atoms with E-state index in [-0.39, 0.29) is 5.91 Å². The molecule has 19 heavy (non-hydrogen) atoms. The third kappa shape index (κ3) is 4.28. The summed E-state index contributed by atoms with van der Waals surface area (Å²) in [7, 11) is 1.50. The minimum absolute atomic E-state index is 0.194. The van der Waals surface area contributed by atoms with Crippen LogP contribution in [0.25, 0.3) is 0 Å². The molecule has 0 aliphatic rings. The van der Waals surface area contributed by atoms with Crippen LogP contribution in [0.2, 0.25) is 0 Å². The maximum atomic E-state index is 11.7. The van der Waals surface area contributed by atoms with Gasteiger partial charge in [-0.1, -0.05) is 6.92 Å². The van der Waals surface area contributed by atoms with Crippen molar-refractivity contribution in [3.8, 4) is 11.5 Å². The van der Waals surface area contributed by atoms with Gasteiger partial charge < -0.3 is 14.8 Å². The third-order valence-corrected chi connectivity index (χ3v) is 2.55. The predicted molar refractivity (Wildman–Crippen MR) is 71.8 cm³/mol. The number of ether oxygens (including phenoxy) is 2. The van der Waals surface area contributed by atoms with Crippen LogP contribution in [-0.4, -0.2) is 32.0 Å². The van der Waals surface area contributed by atoms with Gasteiger partial charge in [0.15, 0.2) is 17.6 Å². The molecule has 0 fully saturated rings. The van der Waals surface area contributed by atoms with Crippen molar-refractivity contribution in [1.82, 2.24) is 5.32 Å². The summed E-state index contributed by atoms with van der Waals surface area (Å²) in [6, 6.07) is 4.81. The number of hydrogen-bond acceptors (Lipinski definition) is 4. The highest BCUT2D eigenvalue weighted by Gasteiger charge is 2.16. The first-order valence-electron chi connectivity index (χ1n) is 6.20. The highest BCUT2D eigenvalue weighted by molar-refractivity contribution is 5.81. The van der Waals surface area contributed by atoms with Crippen LogP contribution in [0.1, 0.15) is 30.6 Å². The molecule has 0 heterocycles. The molecule has 0 saturated carbocycles. The van der Waals surface area contributed by atoms with E-state index in [1.54, 1.807) is 25.1 Å². The summed E-state index contributed by atoms with van der Waals surface area (Å²) in [5.74, 6) is 0.674. The quantitative estimate of drug-likeness (QED) is 0.763. The van der Waals surface area contributed by atoms with E-state index in [2.05, 4.69) is 5.32 Å². The van der Waals surface area contributed by atoms with Gasteiger partial charge in [0.25, 0.3) is 5.91 Å². The average Bonchev–Trinajstić information content (AvgIpc) is 2.44. The van der Waals surface area contributed by atoms with Crippen molar-refractivity contribution in [3.05, 3.63) is 23.8 Å². The summed E-state index contributed by atoms with van der Waals surface area (Å²) in [5, 5.41) is 2.74. The molecule has 104 valence electrons.